The summed E-state index contributed by atoms with van der Waals surface area (Å²) in [5.41, 5.74) is 2.08. The van der Waals surface area contributed by atoms with Crippen LogP contribution in [-0.2, 0) is 0 Å². The molecule has 5 rings (SSSR count). The molecule has 0 aliphatic heterocycles. The first-order valence-electron chi connectivity index (χ1n) is 8.89. The van der Waals surface area contributed by atoms with Gasteiger partial charge in [0, 0.05) is 23.2 Å². The van der Waals surface area contributed by atoms with Gasteiger partial charge in [-0.25, -0.2) is 19.5 Å². The third-order valence-corrected chi connectivity index (χ3v) is 4.43. The van der Waals surface area contributed by atoms with Gasteiger partial charge in [0.15, 0.2) is 5.65 Å². The Kier molecular flexibility index (Phi) is 4.14. The van der Waals surface area contributed by atoms with Crippen LogP contribution in [0.25, 0.3) is 16.6 Å². The molecule has 0 aliphatic rings. The fourth-order valence-corrected chi connectivity index (χ4v) is 3.00. The summed E-state index contributed by atoms with van der Waals surface area (Å²) in [5.74, 6) is 1.75. The SMILES string of the molecule is O=[N+]([O-])c1ccc2ncnc(Nc3ccc(Oc4ccc5ncnn5c4)cc3)c2c1. The maximum Gasteiger partial charge on any atom is 0.270 e. The van der Waals surface area contributed by atoms with Crippen molar-refractivity contribution in [2.75, 3.05) is 5.32 Å². The van der Waals surface area contributed by atoms with Gasteiger partial charge in [-0.15, -0.1) is 0 Å². The van der Waals surface area contributed by atoms with Gasteiger partial charge < -0.3 is 10.1 Å². The molecule has 30 heavy (non-hydrogen) atoms. The third kappa shape index (κ3) is 3.33. The van der Waals surface area contributed by atoms with Gasteiger partial charge in [0.1, 0.15) is 30.0 Å². The van der Waals surface area contributed by atoms with Gasteiger partial charge in [0.25, 0.3) is 5.69 Å². The van der Waals surface area contributed by atoms with Gasteiger partial charge in [0.2, 0.25) is 0 Å². The Balaban J connectivity index is 1.38. The number of hydrogen-bond donors (Lipinski definition) is 1. The van der Waals surface area contributed by atoms with Gasteiger partial charge in [0.05, 0.1) is 16.6 Å². The van der Waals surface area contributed by atoms with Crippen molar-refractivity contribution in [3.8, 4) is 11.5 Å². The maximum absolute atomic E-state index is 11.1. The molecule has 0 bridgehead atoms. The minimum absolute atomic E-state index is 0.0200. The second kappa shape index (κ2) is 7.09. The minimum atomic E-state index is -0.445. The molecule has 10 nitrogen and oxygen atoms in total. The predicted octanol–water partition coefficient (Wildman–Crippen LogP) is 4.12. The number of nitro groups is 1. The Morgan fingerprint density at radius 2 is 1.77 bits per heavy atom. The van der Waals surface area contributed by atoms with Crippen LogP contribution in [0.15, 0.2) is 73.4 Å². The molecule has 146 valence electrons. The first-order valence-corrected chi connectivity index (χ1v) is 8.89. The normalized spacial score (nSPS) is 10.9. The molecule has 0 atom stereocenters. The number of nitro benzene ring substituents is 1. The molecule has 2 aromatic carbocycles. The highest BCUT2D eigenvalue weighted by Gasteiger charge is 2.11. The number of hydrogen-bond acceptors (Lipinski definition) is 8. The number of pyridine rings is 1. The molecule has 0 saturated heterocycles. The number of non-ortho nitro benzene ring substituents is 1. The number of fused-ring (bicyclic) bond motifs is 2. The topological polar surface area (TPSA) is 120 Å². The maximum atomic E-state index is 11.1. The molecule has 0 saturated carbocycles. The molecule has 0 unspecified atom stereocenters. The van der Waals surface area contributed by atoms with Crippen LogP contribution in [0.3, 0.4) is 0 Å². The smallest absolute Gasteiger partial charge is 0.270 e. The Morgan fingerprint density at radius 3 is 2.60 bits per heavy atom. The van der Waals surface area contributed by atoms with Gasteiger partial charge >= 0.3 is 0 Å². The number of anilines is 2. The van der Waals surface area contributed by atoms with E-state index >= 15 is 0 Å². The van der Waals surface area contributed by atoms with E-state index in [1.54, 1.807) is 28.9 Å². The lowest BCUT2D eigenvalue weighted by Crippen LogP contribution is -1.97. The molecular weight excluding hydrogens is 386 g/mol. The minimum Gasteiger partial charge on any atom is -0.456 e. The number of benzene rings is 2. The largest absolute Gasteiger partial charge is 0.456 e. The van der Waals surface area contributed by atoms with Gasteiger partial charge in [-0.3, -0.25) is 10.1 Å². The van der Waals surface area contributed by atoms with Gasteiger partial charge in [-0.2, -0.15) is 5.10 Å². The molecule has 0 fully saturated rings. The summed E-state index contributed by atoms with van der Waals surface area (Å²) in [6, 6.07) is 15.4. The zero-order chi connectivity index (χ0) is 20.5. The standard InChI is InChI=1S/C20H13N7O3/c28-27(29)14-3-7-18-17(9-14)20(23-11-21-18)25-13-1-4-15(5-2-13)30-16-6-8-19-22-12-24-26(19)10-16/h1-12H,(H,21,23,25). The lowest BCUT2D eigenvalue weighted by atomic mass is 10.2. The second-order valence-electron chi connectivity index (χ2n) is 6.36. The van der Waals surface area contributed by atoms with Crippen molar-refractivity contribution >= 4 is 33.7 Å². The number of aromatic nitrogens is 5. The molecule has 0 amide bonds. The summed E-state index contributed by atoms with van der Waals surface area (Å²) < 4.78 is 7.49. The van der Waals surface area contributed by atoms with Crippen molar-refractivity contribution < 1.29 is 9.66 Å². The van der Waals surface area contributed by atoms with Crippen LogP contribution >= 0.6 is 0 Å². The van der Waals surface area contributed by atoms with Crippen molar-refractivity contribution in [2.45, 2.75) is 0 Å². The number of nitrogens with zero attached hydrogens (tertiary/aromatic N) is 6. The Labute approximate surface area is 169 Å². The lowest BCUT2D eigenvalue weighted by Gasteiger charge is -2.10. The highest BCUT2D eigenvalue weighted by Crippen LogP contribution is 2.28. The van der Waals surface area contributed by atoms with E-state index in [4.69, 9.17) is 4.74 Å². The fourth-order valence-electron chi connectivity index (χ4n) is 3.00. The molecule has 1 N–H and O–H groups in total. The zero-order valence-corrected chi connectivity index (χ0v) is 15.3. The molecule has 3 heterocycles. The summed E-state index contributed by atoms with van der Waals surface area (Å²) in [6.45, 7) is 0. The van der Waals surface area contributed by atoms with E-state index in [9.17, 15) is 10.1 Å². The van der Waals surface area contributed by atoms with Gasteiger partial charge in [-0.05, 0) is 42.5 Å². The molecule has 10 heteroatoms. The van der Waals surface area contributed by atoms with Crippen LogP contribution in [0.4, 0.5) is 17.2 Å². The van der Waals surface area contributed by atoms with Crippen molar-refractivity contribution in [3.63, 3.8) is 0 Å². The van der Waals surface area contributed by atoms with E-state index in [0.717, 1.165) is 11.3 Å². The van der Waals surface area contributed by atoms with E-state index in [0.29, 0.717) is 28.2 Å². The van der Waals surface area contributed by atoms with Crippen molar-refractivity contribution in [1.82, 2.24) is 24.6 Å². The molecule has 0 spiro atoms. The quantitative estimate of drug-likeness (QED) is 0.346. The van der Waals surface area contributed by atoms with Crippen LogP contribution < -0.4 is 10.1 Å². The predicted molar refractivity (Wildman–Crippen MR) is 109 cm³/mol. The Hall–Kier alpha value is -4.60. The molecular formula is C20H13N7O3. The molecule has 5 aromatic rings. The first-order chi connectivity index (χ1) is 14.7. The van der Waals surface area contributed by atoms with Crippen molar-refractivity contribution in [3.05, 3.63) is 83.6 Å². The Morgan fingerprint density at radius 1 is 0.933 bits per heavy atom. The highest BCUT2D eigenvalue weighted by molar-refractivity contribution is 5.92. The molecule has 0 aliphatic carbocycles. The average molecular weight is 399 g/mol. The molecule has 3 aromatic heterocycles. The van der Waals surface area contributed by atoms with Crippen LogP contribution in [0, 0.1) is 10.1 Å². The van der Waals surface area contributed by atoms with Crippen LogP contribution in [0.1, 0.15) is 0 Å². The summed E-state index contributed by atoms with van der Waals surface area (Å²) >= 11 is 0. The zero-order valence-electron chi connectivity index (χ0n) is 15.3. The van der Waals surface area contributed by atoms with Gasteiger partial charge in [-0.1, -0.05) is 0 Å². The van der Waals surface area contributed by atoms with E-state index in [-0.39, 0.29) is 5.69 Å². The van der Waals surface area contributed by atoms with E-state index < -0.39 is 4.92 Å². The summed E-state index contributed by atoms with van der Waals surface area (Å²) in [6.07, 6.45) is 4.63. The summed E-state index contributed by atoms with van der Waals surface area (Å²) in [7, 11) is 0. The highest BCUT2D eigenvalue weighted by atomic mass is 16.6. The van der Waals surface area contributed by atoms with E-state index in [1.807, 2.05) is 24.3 Å². The summed E-state index contributed by atoms with van der Waals surface area (Å²) in [4.78, 5) is 23.1. The van der Waals surface area contributed by atoms with E-state index in [1.165, 1.54) is 24.8 Å². The van der Waals surface area contributed by atoms with Crippen LogP contribution in [0.5, 0.6) is 11.5 Å². The monoisotopic (exact) mass is 399 g/mol. The average Bonchev–Trinajstić information content (AvgIpc) is 3.23. The van der Waals surface area contributed by atoms with Crippen LogP contribution in [-0.4, -0.2) is 29.5 Å². The van der Waals surface area contributed by atoms with E-state index in [2.05, 4.69) is 25.4 Å². The summed E-state index contributed by atoms with van der Waals surface area (Å²) in [5, 5.41) is 18.9. The Bertz CT molecular complexity index is 1380. The lowest BCUT2D eigenvalue weighted by molar-refractivity contribution is -0.384. The van der Waals surface area contributed by atoms with Crippen LogP contribution in [0.2, 0.25) is 0 Å². The third-order valence-electron chi connectivity index (χ3n) is 4.43. The molecule has 0 radical (unpaired) electrons. The number of nitrogens with one attached hydrogen (secondary N) is 1. The number of ether oxygens (including phenoxy) is 1. The number of rotatable bonds is 5. The fraction of sp³-hybridized carbons (Fsp3) is 0. The van der Waals surface area contributed by atoms with Crippen molar-refractivity contribution in [2.24, 2.45) is 0 Å². The second-order valence-corrected chi connectivity index (χ2v) is 6.36. The first kappa shape index (κ1) is 17.5. The van der Waals surface area contributed by atoms with Crippen molar-refractivity contribution in [1.29, 1.82) is 0 Å².